The van der Waals surface area contributed by atoms with E-state index in [1.165, 1.54) is 12.1 Å². The second-order valence-electron chi connectivity index (χ2n) is 3.03. The number of aldehydes is 1. The van der Waals surface area contributed by atoms with Gasteiger partial charge in [0.05, 0.1) is 5.57 Å². The zero-order chi connectivity index (χ0) is 11.5. The Morgan fingerprint density at radius 1 is 1.27 bits per heavy atom. The molecule has 0 atom stereocenters. The molecular weight excluding hydrogens is 205 g/mol. The Bertz CT molecular complexity index is 391. The van der Waals surface area contributed by atoms with Gasteiger partial charge in [-0.25, -0.2) is 0 Å². The Hall–Kier alpha value is -1.58. The third-order valence-electron chi connectivity index (χ3n) is 1.98. The SMILES string of the molecule is Cc1ccccc1/C(=C\C=O)C(F)(F)F. The highest BCUT2D eigenvalue weighted by molar-refractivity contribution is 5.84. The number of rotatable bonds is 2. The van der Waals surface area contributed by atoms with Crippen LogP contribution in [0.5, 0.6) is 0 Å². The van der Waals surface area contributed by atoms with E-state index in [0.29, 0.717) is 11.6 Å². The van der Waals surface area contributed by atoms with Crippen molar-refractivity contribution in [3.63, 3.8) is 0 Å². The van der Waals surface area contributed by atoms with Gasteiger partial charge in [0.15, 0.2) is 0 Å². The Morgan fingerprint density at radius 2 is 1.87 bits per heavy atom. The van der Waals surface area contributed by atoms with Gasteiger partial charge in [-0.15, -0.1) is 0 Å². The van der Waals surface area contributed by atoms with Crippen molar-refractivity contribution >= 4 is 11.9 Å². The molecule has 0 aliphatic heterocycles. The first-order valence-corrected chi connectivity index (χ1v) is 4.25. The summed E-state index contributed by atoms with van der Waals surface area (Å²) in [6.45, 7) is 1.57. The molecule has 0 aromatic heterocycles. The zero-order valence-corrected chi connectivity index (χ0v) is 8.01. The average molecular weight is 214 g/mol. The molecule has 1 aromatic carbocycles. The third kappa shape index (κ3) is 2.68. The number of allylic oxidation sites excluding steroid dienone is 2. The number of halogens is 3. The fraction of sp³-hybridized carbons (Fsp3) is 0.182. The Morgan fingerprint density at radius 3 is 2.33 bits per heavy atom. The molecule has 0 unspecified atom stereocenters. The van der Waals surface area contributed by atoms with Crippen LogP contribution in [0, 0.1) is 6.92 Å². The second-order valence-corrected chi connectivity index (χ2v) is 3.03. The molecule has 0 bridgehead atoms. The van der Waals surface area contributed by atoms with Gasteiger partial charge in [-0.2, -0.15) is 13.2 Å². The van der Waals surface area contributed by atoms with E-state index in [0.717, 1.165) is 0 Å². The van der Waals surface area contributed by atoms with Crippen LogP contribution in [-0.4, -0.2) is 12.5 Å². The van der Waals surface area contributed by atoms with Crippen molar-refractivity contribution in [1.82, 2.24) is 0 Å². The van der Waals surface area contributed by atoms with Crippen LogP contribution in [0.15, 0.2) is 30.3 Å². The smallest absolute Gasteiger partial charge is 0.299 e. The summed E-state index contributed by atoms with van der Waals surface area (Å²) in [6.07, 6.45) is -3.81. The number of carbonyl (C=O) groups is 1. The van der Waals surface area contributed by atoms with Gasteiger partial charge in [0, 0.05) is 0 Å². The second kappa shape index (κ2) is 4.29. The highest BCUT2D eigenvalue weighted by Crippen LogP contribution is 2.34. The third-order valence-corrected chi connectivity index (χ3v) is 1.98. The first kappa shape index (κ1) is 11.5. The molecule has 1 nitrogen and oxygen atoms in total. The molecule has 4 heteroatoms. The van der Waals surface area contributed by atoms with E-state index >= 15 is 0 Å². The molecule has 0 saturated heterocycles. The topological polar surface area (TPSA) is 17.1 Å². The van der Waals surface area contributed by atoms with E-state index in [1.54, 1.807) is 19.1 Å². The summed E-state index contributed by atoms with van der Waals surface area (Å²) in [6, 6.07) is 6.07. The van der Waals surface area contributed by atoms with E-state index in [9.17, 15) is 18.0 Å². The van der Waals surface area contributed by atoms with E-state index in [2.05, 4.69) is 0 Å². The maximum absolute atomic E-state index is 12.5. The molecule has 0 amide bonds. The van der Waals surface area contributed by atoms with Crippen molar-refractivity contribution in [3.8, 4) is 0 Å². The van der Waals surface area contributed by atoms with Gasteiger partial charge in [0.2, 0.25) is 0 Å². The summed E-state index contributed by atoms with van der Waals surface area (Å²) in [4.78, 5) is 10.2. The molecule has 1 rings (SSSR count). The lowest BCUT2D eigenvalue weighted by Crippen LogP contribution is -2.11. The summed E-state index contributed by atoms with van der Waals surface area (Å²) in [5, 5.41) is 0. The molecule has 0 heterocycles. The van der Waals surface area contributed by atoms with Crippen LogP contribution in [0.1, 0.15) is 11.1 Å². The summed E-state index contributed by atoms with van der Waals surface area (Å²) in [5.41, 5.74) is -0.379. The maximum Gasteiger partial charge on any atom is 0.417 e. The quantitative estimate of drug-likeness (QED) is 0.546. The molecule has 0 aliphatic carbocycles. The average Bonchev–Trinajstić information content (AvgIpc) is 2.14. The van der Waals surface area contributed by atoms with Gasteiger partial charge in [-0.3, -0.25) is 4.79 Å². The maximum atomic E-state index is 12.5. The normalized spacial score (nSPS) is 12.7. The molecular formula is C11H9F3O. The largest absolute Gasteiger partial charge is 0.417 e. The van der Waals surface area contributed by atoms with Crippen molar-refractivity contribution in [2.75, 3.05) is 0 Å². The van der Waals surface area contributed by atoms with Crippen molar-refractivity contribution in [3.05, 3.63) is 41.5 Å². The molecule has 0 N–H and O–H groups in total. The van der Waals surface area contributed by atoms with Gasteiger partial charge in [-0.05, 0) is 24.1 Å². The Labute approximate surface area is 85.2 Å². The van der Waals surface area contributed by atoms with Gasteiger partial charge in [-0.1, -0.05) is 24.3 Å². The lowest BCUT2D eigenvalue weighted by atomic mass is 10.0. The Balaban J connectivity index is 3.29. The van der Waals surface area contributed by atoms with E-state index in [4.69, 9.17) is 0 Å². The summed E-state index contributed by atoms with van der Waals surface area (Å²) < 4.78 is 37.6. The lowest BCUT2D eigenvalue weighted by Gasteiger charge is -2.13. The zero-order valence-electron chi connectivity index (χ0n) is 8.01. The molecule has 0 fully saturated rings. The van der Waals surface area contributed by atoms with Gasteiger partial charge in [0.25, 0.3) is 0 Å². The fourth-order valence-electron chi connectivity index (χ4n) is 1.28. The molecule has 1 aromatic rings. The van der Waals surface area contributed by atoms with Gasteiger partial charge < -0.3 is 0 Å². The summed E-state index contributed by atoms with van der Waals surface area (Å²) in [5.74, 6) is 0. The van der Waals surface area contributed by atoms with Crippen LogP contribution in [0.2, 0.25) is 0 Å². The number of carbonyl (C=O) groups excluding carboxylic acids is 1. The number of aryl methyl sites for hydroxylation is 1. The predicted molar refractivity (Wildman–Crippen MR) is 51.3 cm³/mol. The highest BCUT2D eigenvalue weighted by Gasteiger charge is 2.34. The van der Waals surface area contributed by atoms with Crippen LogP contribution in [0.4, 0.5) is 13.2 Å². The van der Waals surface area contributed by atoms with E-state index < -0.39 is 11.7 Å². The van der Waals surface area contributed by atoms with Crippen LogP contribution in [-0.2, 0) is 4.79 Å². The summed E-state index contributed by atoms with van der Waals surface area (Å²) >= 11 is 0. The number of alkyl halides is 3. The molecule has 15 heavy (non-hydrogen) atoms. The molecule has 0 aliphatic rings. The van der Waals surface area contributed by atoms with E-state index in [-0.39, 0.29) is 11.8 Å². The molecule has 0 spiro atoms. The standard InChI is InChI=1S/C11H9F3O/c1-8-4-2-3-5-9(8)10(6-7-15)11(12,13)14/h2-7H,1H3/b10-6+. The highest BCUT2D eigenvalue weighted by atomic mass is 19.4. The molecule has 0 saturated carbocycles. The van der Waals surface area contributed by atoms with Gasteiger partial charge >= 0.3 is 6.18 Å². The summed E-state index contributed by atoms with van der Waals surface area (Å²) in [7, 11) is 0. The van der Waals surface area contributed by atoms with Crippen molar-refractivity contribution < 1.29 is 18.0 Å². The predicted octanol–water partition coefficient (Wildman–Crippen LogP) is 3.14. The van der Waals surface area contributed by atoms with E-state index in [1.807, 2.05) is 0 Å². The van der Waals surface area contributed by atoms with Crippen molar-refractivity contribution in [2.24, 2.45) is 0 Å². The van der Waals surface area contributed by atoms with Crippen molar-refractivity contribution in [2.45, 2.75) is 13.1 Å². The number of benzene rings is 1. The molecule has 80 valence electrons. The number of hydrogen-bond donors (Lipinski definition) is 0. The number of hydrogen-bond acceptors (Lipinski definition) is 1. The van der Waals surface area contributed by atoms with Crippen LogP contribution in [0.3, 0.4) is 0 Å². The monoisotopic (exact) mass is 214 g/mol. The lowest BCUT2D eigenvalue weighted by molar-refractivity contribution is -0.104. The minimum atomic E-state index is -4.51. The first-order chi connectivity index (χ1) is 6.96. The minimum Gasteiger partial charge on any atom is -0.299 e. The fourth-order valence-corrected chi connectivity index (χ4v) is 1.28. The first-order valence-electron chi connectivity index (χ1n) is 4.25. The van der Waals surface area contributed by atoms with Gasteiger partial charge in [0.1, 0.15) is 6.29 Å². The Kier molecular flexibility index (Phi) is 3.29. The van der Waals surface area contributed by atoms with Crippen LogP contribution < -0.4 is 0 Å². The van der Waals surface area contributed by atoms with Crippen LogP contribution in [0.25, 0.3) is 5.57 Å². The minimum absolute atomic E-state index is 0.0390. The van der Waals surface area contributed by atoms with Crippen molar-refractivity contribution in [1.29, 1.82) is 0 Å². The molecule has 0 radical (unpaired) electrons. The van der Waals surface area contributed by atoms with Crippen LogP contribution >= 0.6 is 0 Å².